The molecule has 0 saturated carbocycles. The molecule has 0 heterocycles. The van der Waals surface area contributed by atoms with Crippen molar-refractivity contribution in [3.05, 3.63) is 59.1 Å². The molecule has 25 heavy (non-hydrogen) atoms. The van der Waals surface area contributed by atoms with Gasteiger partial charge in [-0.15, -0.1) is 0 Å². The minimum absolute atomic E-state index is 0.00297. The molecule has 0 atom stereocenters. The number of benzene rings is 3. The van der Waals surface area contributed by atoms with Crippen molar-refractivity contribution in [3.63, 3.8) is 0 Å². The first kappa shape index (κ1) is 17.6. The molecule has 0 aliphatic heterocycles. The second-order valence-corrected chi connectivity index (χ2v) is 7.81. The quantitative estimate of drug-likeness (QED) is 0.661. The molecule has 3 rings (SSSR count). The van der Waals surface area contributed by atoms with Gasteiger partial charge in [0.2, 0.25) is 0 Å². The topological polar surface area (TPSA) is 64.6 Å². The van der Waals surface area contributed by atoms with E-state index >= 15 is 0 Å². The summed E-state index contributed by atoms with van der Waals surface area (Å²) in [5, 5.41) is 1.98. The number of methoxy groups -OCH3 is 2. The molecule has 1 N–H and O–H groups in total. The van der Waals surface area contributed by atoms with Crippen LogP contribution in [0, 0.1) is 0 Å². The molecule has 0 spiro atoms. The fourth-order valence-corrected chi connectivity index (χ4v) is 4.21. The number of fused-ring (bicyclic) bond motifs is 1. The van der Waals surface area contributed by atoms with Crippen LogP contribution in [0.15, 0.2) is 64.0 Å². The van der Waals surface area contributed by atoms with Gasteiger partial charge in [0.15, 0.2) is 0 Å². The van der Waals surface area contributed by atoms with E-state index < -0.39 is 10.0 Å². The number of halogens is 1. The van der Waals surface area contributed by atoms with E-state index in [1.54, 1.807) is 18.2 Å². The molecule has 0 aromatic heterocycles. The summed E-state index contributed by atoms with van der Waals surface area (Å²) < 4.78 is 39.3. The van der Waals surface area contributed by atoms with E-state index in [1.807, 2.05) is 30.3 Å². The Morgan fingerprint density at radius 1 is 0.880 bits per heavy atom. The van der Waals surface area contributed by atoms with Gasteiger partial charge in [0.05, 0.1) is 18.7 Å². The summed E-state index contributed by atoms with van der Waals surface area (Å²) in [5.74, 6) is 0.626. The highest BCUT2D eigenvalue weighted by Gasteiger charge is 2.22. The molecule has 0 aliphatic carbocycles. The third-order valence-electron chi connectivity index (χ3n) is 3.73. The van der Waals surface area contributed by atoms with Crippen LogP contribution in [-0.4, -0.2) is 22.6 Å². The predicted octanol–water partition coefficient (Wildman–Crippen LogP) is 4.42. The van der Waals surface area contributed by atoms with Crippen molar-refractivity contribution in [2.24, 2.45) is 0 Å². The van der Waals surface area contributed by atoms with Gasteiger partial charge in [0.25, 0.3) is 10.0 Å². The zero-order valence-electron chi connectivity index (χ0n) is 13.6. The normalized spacial score (nSPS) is 11.3. The number of ether oxygens (including phenoxy) is 2. The van der Waals surface area contributed by atoms with Gasteiger partial charge in [0.1, 0.15) is 16.4 Å². The van der Waals surface area contributed by atoms with Gasteiger partial charge >= 0.3 is 0 Å². The summed E-state index contributed by atoms with van der Waals surface area (Å²) in [6.45, 7) is 0. The molecule has 0 amide bonds. The highest BCUT2D eigenvalue weighted by Crippen LogP contribution is 2.36. The van der Waals surface area contributed by atoms with Crippen molar-refractivity contribution >= 4 is 42.4 Å². The fraction of sp³-hybridized carbons (Fsp3) is 0.111. The lowest BCUT2D eigenvalue weighted by Gasteiger charge is -2.14. The van der Waals surface area contributed by atoms with E-state index in [2.05, 4.69) is 20.7 Å². The third kappa shape index (κ3) is 3.57. The van der Waals surface area contributed by atoms with Crippen LogP contribution in [-0.2, 0) is 10.0 Å². The van der Waals surface area contributed by atoms with Crippen LogP contribution in [0.5, 0.6) is 11.5 Å². The summed E-state index contributed by atoms with van der Waals surface area (Å²) >= 11 is 3.32. The molecule has 3 aromatic rings. The first-order valence-electron chi connectivity index (χ1n) is 7.38. The van der Waals surface area contributed by atoms with Crippen LogP contribution >= 0.6 is 15.9 Å². The molecule has 130 valence electrons. The van der Waals surface area contributed by atoms with Crippen molar-refractivity contribution in [3.8, 4) is 11.5 Å². The fourth-order valence-electron chi connectivity index (χ4n) is 2.51. The summed E-state index contributed by atoms with van der Waals surface area (Å²) in [4.78, 5) is 0.00297. The SMILES string of the molecule is COc1cc(S(=O)(=O)Nc2ccc3ccccc3c2)c(OC)cc1Br. The molecule has 0 saturated heterocycles. The van der Waals surface area contributed by atoms with Gasteiger partial charge in [-0.05, 0) is 44.9 Å². The molecule has 5 nitrogen and oxygen atoms in total. The zero-order valence-corrected chi connectivity index (χ0v) is 16.0. The van der Waals surface area contributed by atoms with Crippen LogP contribution < -0.4 is 14.2 Å². The lowest BCUT2D eigenvalue weighted by atomic mass is 10.1. The van der Waals surface area contributed by atoms with Gasteiger partial charge in [-0.1, -0.05) is 30.3 Å². The van der Waals surface area contributed by atoms with E-state index in [1.165, 1.54) is 20.3 Å². The third-order valence-corrected chi connectivity index (χ3v) is 5.75. The van der Waals surface area contributed by atoms with Gasteiger partial charge in [0, 0.05) is 11.8 Å². The van der Waals surface area contributed by atoms with E-state index in [0.717, 1.165) is 10.8 Å². The number of sulfonamides is 1. The van der Waals surface area contributed by atoms with Crippen LogP contribution in [0.25, 0.3) is 10.8 Å². The molecule has 0 unspecified atom stereocenters. The Kier molecular flexibility index (Phi) is 4.87. The molecule has 0 aliphatic rings. The van der Waals surface area contributed by atoms with Gasteiger partial charge in [-0.25, -0.2) is 8.42 Å². The number of rotatable bonds is 5. The Hall–Kier alpha value is -2.25. The minimum atomic E-state index is -3.85. The maximum absolute atomic E-state index is 12.8. The molecule has 0 bridgehead atoms. The largest absolute Gasteiger partial charge is 0.496 e. The molecular formula is C18H16BrNO4S. The maximum Gasteiger partial charge on any atom is 0.265 e. The lowest BCUT2D eigenvalue weighted by molar-refractivity contribution is 0.390. The molecule has 3 aromatic carbocycles. The summed E-state index contributed by atoms with van der Waals surface area (Å²) in [6.07, 6.45) is 0. The molecule has 0 fully saturated rings. The maximum atomic E-state index is 12.8. The van der Waals surface area contributed by atoms with Crippen LogP contribution in [0.4, 0.5) is 5.69 Å². The van der Waals surface area contributed by atoms with E-state index in [9.17, 15) is 8.42 Å². The first-order valence-corrected chi connectivity index (χ1v) is 9.65. The smallest absolute Gasteiger partial charge is 0.265 e. The second-order valence-electron chi connectivity index (χ2n) is 5.31. The molecule has 0 radical (unpaired) electrons. The highest BCUT2D eigenvalue weighted by molar-refractivity contribution is 9.10. The Bertz CT molecular complexity index is 1030. The summed E-state index contributed by atoms with van der Waals surface area (Å²) in [5.41, 5.74) is 0.475. The van der Waals surface area contributed by atoms with Crippen LogP contribution in [0.2, 0.25) is 0 Å². The Morgan fingerprint density at radius 3 is 2.24 bits per heavy atom. The lowest BCUT2D eigenvalue weighted by Crippen LogP contribution is -2.14. The Balaban J connectivity index is 2.03. The average molecular weight is 422 g/mol. The summed E-state index contributed by atoms with van der Waals surface area (Å²) in [7, 11) is -0.958. The van der Waals surface area contributed by atoms with Crippen molar-refractivity contribution in [1.82, 2.24) is 0 Å². The molecule has 7 heteroatoms. The van der Waals surface area contributed by atoms with E-state index in [0.29, 0.717) is 15.9 Å². The average Bonchev–Trinajstić information content (AvgIpc) is 2.60. The molecular weight excluding hydrogens is 406 g/mol. The van der Waals surface area contributed by atoms with E-state index in [-0.39, 0.29) is 10.6 Å². The first-order chi connectivity index (χ1) is 11.9. The number of anilines is 1. The second kappa shape index (κ2) is 6.93. The number of hydrogen-bond acceptors (Lipinski definition) is 4. The van der Waals surface area contributed by atoms with Crippen molar-refractivity contribution in [1.29, 1.82) is 0 Å². The highest BCUT2D eigenvalue weighted by atomic mass is 79.9. The van der Waals surface area contributed by atoms with Crippen molar-refractivity contribution < 1.29 is 17.9 Å². The number of nitrogens with one attached hydrogen (secondary N) is 1. The summed E-state index contributed by atoms with van der Waals surface area (Å²) in [6, 6.07) is 16.1. The van der Waals surface area contributed by atoms with Gasteiger partial charge in [-0.3, -0.25) is 4.72 Å². The Morgan fingerprint density at radius 2 is 1.56 bits per heavy atom. The predicted molar refractivity (Wildman–Crippen MR) is 102 cm³/mol. The Labute approximate surface area is 154 Å². The van der Waals surface area contributed by atoms with Gasteiger partial charge in [-0.2, -0.15) is 0 Å². The monoisotopic (exact) mass is 421 g/mol. The van der Waals surface area contributed by atoms with Crippen LogP contribution in [0.3, 0.4) is 0 Å². The van der Waals surface area contributed by atoms with E-state index in [4.69, 9.17) is 9.47 Å². The minimum Gasteiger partial charge on any atom is -0.496 e. The van der Waals surface area contributed by atoms with Crippen LogP contribution in [0.1, 0.15) is 0 Å². The number of hydrogen-bond donors (Lipinski definition) is 1. The zero-order chi connectivity index (χ0) is 18.0. The van der Waals surface area contributed by atoms with Gasteiger partial charge < -0.3 is 9.47 Å². The van der Waals surface area contributed by atoms with Crippen molar-refractivity contribution in [2.45, 2.75) is 4.90 Å². The van der Waals surface area contributed by atoms with Crippen molar-refractivity contribution in [2.75, 3.05) is 18.9 Å². The standard InChI is InChI=1S/C18H16BrNO4S/c1-23-16-11-18(17(24-2)10-15(16)19)25(21,22)20-14-8-7-12-5-3-4-6-13(12)9-14/h3-11,20H,1-2H3.